The molecule has 0 radical (unpaired) electrons. The summed E-state index contributed by atoms with van der Waals surface area (Å²) in [5.41, 5.74) is 0. The molecule has 0 bridgehead atoms. The zero-order chi connectivity index (χ0) is 21.7. The van der Waals surface area contributed by atoms with Gasteiger partial charge in [-0.05, 0) is 25.7 Å². The summed E-state index contributed by atoms with van der Waals surface area (Å²) in [6.45, 7) is 9.30. The first-order valence-electron chi connectivity index (χ1n) is 13.9. The summed E-state index contributed by atoms with van der Waals surface area (Å²) >= 11 is 0. The van der Waals surface area contributed by atoms with Gasteiger partial charge in [-0.2, -0.15) is 0 Å². The third-order valence-corrected chi connectivity index (χ3v) is 6.66. The Morgan fingerprint density at radius 2 is 1.00 bits per heavy atom. The molecule has 176 valence electrons. The highest BCUT2D eigenvalue weighted by molar-refractivity contribution is 4.83. The molecule has 0 saturated carbocycles. The van der Waals surface area contributed by atoms with Crippen molar-refractivity contribution in [3.63, 3.8) is 0 Å². The molecular formula is C28H55N2+. The van der Waals surface area contributed by atoms with E-state index in [1.54, 1.807) is 0 Å². The summed E-state index contributed by atoms with van der Waals surface area (Å²) in [5.74, 6) is 1.52. The predicted molar refractivity (Wildman–Crippen MR) is 133 cm³/mol. The molecule has 1 rings (SSSR count). The Bertz CT molecular complexity index is 477. The lowest BCUT2D eigenvalue weighted by Gasteiger charge is -2.05. The van der Waals surface area contributed by atoms with Gasteiger partial charge in [-0.3, -0.25) is 0 Å². The van der Waals surface area contributed by atoms with Crippen molar-refractivity contribution in [1.82, 2.24) is 4.57 Å². The molecule has 0 atom stereocenters. The Morgan fingerprint density at radius 3 is 1.47 bits per heavy atom. The lowest BCUT2D eigenvalue weighted by atomic mass is 10.0. The van der Waals surface area contributed by atoms with Crippen LogP contribution in [0.15, 0.2) is 12.4 Å². The molecule has 1 heterocycles. The van der Waals surface area contributed by atoms with Gasteiger partial charge in [-0.25, -0.2) is 9.13 Å². The molecule has 30 heavy (non-hydrogen) atoms. The van der Waals surface area contributed by atoms with Crippen LogP contribution < -0.4 is 4.57 Å². The largest absolute Gasteiger partial charge is 0.256 e. The van der Waals surface area contributed by atoms with Crippen molar-refractivity contribution >= 4 is 0 Å². The second kappa shape index (κ2) is 20.1. The second-order valence-corrected chi connectivity index (χ2v) is 9.47. The molecule has 0 saturated heterocycles. The maximum Gasteiger partial charge on any atom is 0.256 e. The average Bonchev–Trinajstić information content (AvgIpc) is 3.15. The molecule has 0 N–H and O–H groups in total. The van der Waals surface area contributed by atoms with Crippen LogP contribution in [0.3, 0.4) is 0 Å². The summed E-state index contributed by atoms with van der Waals surface area (Å²) in [6.07, 6.45) is 32.9. The molecule has 0 aliphatic rings. The lowest BCUT2D eigenvalue weighted by Crippen LogP contribution is -2.37. The molecule has 2 nitrogen and oxygen atoms in total. The van der Waals surface area contributed by atoms with Crippen LogP contribution >= 0.6 is 0 Å². The van der Waals surface area contributed by atoms with E-state index in [2.05, 4.69) is 42.3 Å². The molecular weight excluding hydrogens is 364 g/mol. The monoisotopic (exact) mass is 419 g/mol. The Labute approximate surface area is 189 Å². The third-order valence-electron chi connectivity index (χ3n) is 6.66. The SMILES string of the molecule is CCCCCCCCCCCCCCCCCCn1cc[n+](CCCCC)c1CC. The minimum absolute atomic E-state index is 1.15. The number of hydrogen-bond donors (Lipinski definition) is 0. The highest BCUT2D eigenvalue weighted by Gasteiger charge is 2.14. The van der Waals surface area contributed by atoms with Gasteiger partial charge in [0, 0.05) is 6.42 Å². The normalized spacial score (nSPS) is 11.4. The maximum absolute atomic E-state index is 2.51. The van der Waals surface area contributed by atoms with Crippen molar-refractivity contribution in [1.29, 1.82) is 0 Å². The summed E-state index contributed by atoms with van der Waals surface area (Å²) in [5, 5.41) is 0. The van der Waals surface area contributed by atoms with E-state index in [0.29, 0.717) is 0 Å². The third kappa shape index (κ3) is 13.5. The molecule has 1 aromatic rings. The van der Waals surface area contributed by atoms with Gasteiger partial charge < -0.3 is 0 Å². The molecule has 2 heteroatoms. The molecule has 1 aromatic heterocycles. The van der Waals surface area contributed by atoms with Gasteiger partial charge in [-0.1, -0.05) is 117 Å². The van der Waals surface area contributed by atoms with Crippen LogP contribution in [0.2, 0.25) is 0 Å². The fourth-order valence-electron chi connectivity index (χ4n) is 4.67. The summed E-state index contributed by atoms with van der Waals surface area (Å²) in [4.78, 5) is 0. The Balaban J connectivity index is 1.92. The highest BCUT2D eigenvalue weighted by Crippen LogP contribution is 2.14. The van der Waals surface area contributed by atoms with Crippen molar-refractivity contribution in [3.8, 4) is 0 Å². The maximum atomic E-state index is 2.51. The van der Waals surface area contributed by atoms with Crippen molar-refractivity contribution in [2.75, 3.05) is 0 Å². The first-order valence-corrected chi connectivity index (χ1v) is 13.9. The fraction of sp³-hybridized carbons (Fsp3) is 0.893. The quantitative estimate of drug-likeness (QED) is 0.131. The van der Waals surface area contributed by atoms with Gasteiger partial charge in [0.05, 0.1) is 13.1 Å². The van der Waals surface area contributed by atoms with Gasteiger partial charge in [-0.15, -0.1) is 0 Å². The van der Waals surface area contributed by atoms with Gasteiger partial charge in [0.15, 0.2) is 0 Å². The smallest absolute Gasteiger partial charge is 0.234 e. The zero-order valence-corrected chi connectivity index (χ0v) is 21.1. The van der Waals surface area contributed by atoms with E-state index in [9.17, 15) is 0 Å². The van der Waals surface area contributed by atoms with Crippen LogP contribution in [-0.2, 0) is 19.5 Å². The fourth-order valence-corrected chi connectivity index (χ4v) is 4.67. The number of aromatic nitrogens is 2. The van der Waals surface area contributed by atoms with Crippen molar-refractivity contribution < 1.29 is 4.57 Å². The molecule has 0 unspecified atom stereocenters. The molecule has 0 fully saturated rings. The minimum Gasteiger partial charge on any atom is -0.234 e. The van der Waals surface area contributed by atoms with E-state index >= 15 is 0 Å². The van der Waals surface area contributed by atoms with Gasteiger partial charge in [0.1, 0.15) is 12.4 Å². The summed E-state index contributed by atoms with van der Waals surface area (Å²) < 4.78 is 5.00. The first-order chi connectivity index (χ1) is 14.8. The molecule has 0 amide bonds. The van der Waals surface area contributed by atoms with Crippen LogP contribution in [0, 0.1) is 0 Å². The average molecular weight is 420 g/mol. The first kappa shape index (κ1) is 27.2. The topological polar surface area (TPSA) is 8.81 Å². The summed E-state index contributed by atoms with van der Waals surface area (Å²) in [6, 6.07) is 0. The van der Waals surface area contributed by atoms with Crippen LogP contribution in [0.1, 0.15) is 149 Å². The van der Waals surface area contributed by atoms with E-state index in [1.807, 2.05) is 0 Å². The van der Waals surface area contributed by atoms with E-state index < -0.39 is 0 Å². The van der Waals surface area contributed by atoms with E-state index in [0.717, 1.165) is 6.42 Å². The van der Waals surface area contributed by atoms with Crippen LogP contribution in [0.25, 0.3) is 0 Å². The lowest BCUT2D eigenvalue weighted by molar-refractivity contribution is -0.704. The second-order valence-electron chi connectivity index (χ2n) is 9.47. The van der Waals surface area contributed by atoms with Crippen LogP contribution in [0.5, 0.6) is 0 Å². The zero-order valence-electron chi connectivity index (χ0n) is 21.1. The van der Waals surface area contributed by atoms with E-state index in [-0.39, 0.29) is 0 Å². The standard InChI is InChI=1S/C28H55N2/c1-4-7-9-10-11-12-13-14-15-16-17-18-19-20-21-23-25-30-27-26-29(28(30)6-3)24-22-8-5-2/h26-27H,4-25H2,1-3H3/q+1. The van der Waals surface area contributed by atoms with Gasteiger partial charge in [0.25, 0.3) is 5.82 Å². The Kier molecular flexibility index (Phi) is 18.3. The molecule has 0 spiro atoms. The number of nitrogens with zero attached hydrogens (tertiary/aromatic N) is 2. The number of imidazole rings is 1. The number of unbranched alkanes of at least 4 members (excludes halogenated alkanes) is 17. The number of hydrogen-bond acceptors (Lipinski definition) is 0. The molecule has 0 aliphatic carbocycles. The Morgan fingerprint density at radius 1 is 0.567 bits per heavy atom. The number of aryl methyl sites for hydroxylation is 2. The molecule has 0 aromatic carbocycles. The van der Waals surface area contributed by atoms with Gasteiger partial charge >= 0.3 is 0 Å². The van der Waals surface area contributed by atoms with Crippen LogP contribution in [0.4, 0.5) is 0 Å². The number of rotatable bonds is 22. The van der Waals surface area contributed by atoms with E-state index in [1.165, 1.54) is 141 Å². The van der Waals surface area contributed by atoms with Crippen molar-refractivity contribution in [2.45, 2.75) is 162 Å². The minimum atomic E-state index is 1.15. The Hall–Kier alpha value is -0.790. The van der Waals surface area contributed by atoms with E-state index in [4.69, 9.17) is 0 Å². The molecule has 0 aliphatic heterocycles. The van der Waals surface area contributed by atoms with Crippen LogP contribution in [-0.4, -0.2) is 4.57 Å². The van der Waals surface area contributed by atoms with Gasteiger partial charge in [0.2, 0.25) is 0 Å². The van der Waals surface area contributed by atoms with Crippen molar-refractivity contribution in [3.05, 3.63) is 18.2 Å². The highest BCUT2D eigenvalue weighted by atomic mass is 15.1. The van der Waals surface area contributed by atoms with Crippen molar-refractivity contribution in [2.24, 2.45) is 0 Å². The predicted octanol–water partition coefficient (Wildman–Crippen LogP) is 8.79. The summed E-state index contributed by atoms with van der Waals surface area (Å²) in [7, 11) is 0.